The van der Waals surface area contributed by atoms with Crippen molar-refractivity contribution in [1.82, 2.24) is 5.32 Å². The van der Waals surface area contributed by atoms with E-state index in [-0.39, 0.29) is 10.7 Å². The van der Waals surface area contributed by atoms with Gasteiger partial charge >= 0.3 is 0 Å². The lowest BCUT2D eigenvalue weighted by Crippen LogP contribution is -2.38. The molecule has 6 heteroatoms. The average molecular weight is 360 g/mol. The number of hydrogen-bond donors (Lipinski definition) is 2. The average Bonchev–Trinajstić information content (AvgIpc) is 2.59. The molecule has 0 heterocycles. The highest BCUT2D eigenvalue weighted by molar-refractivity contribution is 8.13. The second-order valence-electron chi connectivity index (χ2n) is 6.09. The molecule has 0 bridgehead atoms. The van der Waals surface area contributed by atoms with Crippen LogP contribution >= 0.6 is 11.8 Å². The summed E-state index contributed by atoms with van der Waals surface area (Å²) in [4.78, 5) is 24.0. The van der Waals surface area contributed by atoms with Crippen molar-refractivity contribution in [3.63, 3.8) is 0 Å². The van der Waals surface area contributed by atoms with Gasteiger partial charge in [-0.05, 0) is 37.6 Å². The molecule has 0 saturated carbocycles. The number of thioether (sulfide) groups is 1. The molecule has 2 N–H and O–H groups in total. The Morgan fingerprint density at radius 3 is 2.40 bits per heavy atom. The highest BCUT2D eigenvalue weighted by atomic mass is 32.2. The maximum Gasteiger partial charge on any atom is 0.253 e. The molecule has 25 heavy (non-hydrogen) atoms. The normalized spacial score (nSPS) is 11.0. The van der Waals surface area contributed by atoms with Gasteiger partial charge in [0.25, 0.3) is 5.91 Å². The zero-order valence-corrected chi connectivity index (χ0v) is 15.2. The van der Waals surface area contributed by atoms with E-state index in [4.69, 9.17) is 0 Å². The second kappa shape index (κ2) is 8.16. The minimum absolute atomic E-state index is 0.0318. The third kappa shape index (κ3) is 5.06. The highest BCUT2D eigenvalue weighted by Gasteiger charge is 2.28. The van der Waals surface area contributed by atoms with E-state index in [1.807, 2.05) is 30.3 Å². The van der Waals surface area contributed by atoms with Gasteiger partial charge in [-0.1, -0.05) is 42.1 Å². The molecule has 0 aliphatic carbocycles. The number of nitrogens with one attached hydrogen (secondary N) is 2. The van der Waals surface area contributed by atoms with Crippen LogP contribution < -0.4 is 10.6 Å². The van der Waals surface area contributed by atoms with E-state index >= 15 is 0 Å². The predicted molar refractivity (Wildman–Crippen MR) is 100 cm³/mol. The van der Waals surface area contributed by atoms with Crippen LogP contribution in [0.2, 0.25) is 0 Å². The van der Waals surface area contributed by atoms with Gasteiger partial charge in [0.2, 0.25) is 5.12 Å². The van der Waals surface area contributed by atoms with E-state index < -0.39 is 17.3 Å². The minimum Gasteiger partial charge on any atom is -0.372 e. The summed E-state index contributed by atoms with van der Waals surface area (Å²) >= 11 is 1.21. The standard InChI is InChI=1S/C19H21FN2O2S/c1-19(2,18(24)25-12-13-7-5-4-6-8-13)22-14-9-10-15(16(20)11-14)17(23)21-3/h4-11,22H,12H2,1-3H3,(H,21,23). The third-order valence-electron chi connectivity index (χ3n) is 3.62. The van der Waals surface area contributed by atoms with Crippen molar-refractivity contribution in [2.75, 3.05) is 12.4 Å². The maximum atomic E-state index is 14.0. The Bertz CT molecular complexity index is 763. The smallest absolute Gasteiger partial charge is 0.253 e. The van der Waals surface area contributed by atoms with Gasteiger partial charge in [0.05, 0.1) is 5.56 Å². The van der Waals surface area contributed by atoms with Gasteiger partial charge in [0, 0.05) is 18.5 Å². The van der Waals surface area contributed by atoms with Crippen LogP contribution in [0.15, 0.2) is 48.5 Å². The van der Waals surface area contributed by atoms with Gasteiger partial charge in [-0.3, -0.25) is 9.59 Å². The zero-order valence-electron chi connectivity index (χ0n) is 14.4. The SMILES string of the molecule is CNC(=O)c1ccc(NC(C)(C)C(=O)SCc2ccccc2)cc1F. The van der Waals surface area contributed by atoms with E-state index in [1.165, 1.54) is 30.9 Å². The summed E-state index contributed by atoms with van der Waals surface area (Å²) in [6.07, 6.45) is 0. The first-order chi connectivity index (χ1) is 11.8. The van der Waals surface area contributed by atoms with Gasteiger partial charge < -0.3 is 10.6 Å². The molecular formula is C19H21FN2O2S. The Kier molecular flexibility index (Phi) is 6.20. The summed E-state index contributed by atoms with van der Waals surface area (Å²) in [6, 6.07) is 13.9. The monoisotopic (exact) mass is 360 g/mol. The quantitative estimate of drug-likeness (QED) is 0.822. The third-order valence-corrected chi connectivity index (χ3v) is 4.87. The molecule has 0 aliphatic heterocycles. The molecule has 132 valence electrons. The molecule has 0 atom stereocenters. The number of amides is 1. The first-order valence-corrected chi connectivity index (χ1v) is 8.83. The van der Waals surface area contributed by atoms with Crippen molar-refractivity contribution < 1.29 is 14.0 Å². The van der Waals surface area contributed by atoms with Gasteiger partial charge in [0.1, 0.15) is 11.4 Å². The van der Waals surface area contributed by atoms with E-state index in [9.17, 15) is 14.0 Å². The minimum atomic E-state index is -0.875. The molecular weight excluding hydrogens is 339 g/mol. The number of carbonyl (C=O) groups is 2. The van der Waals surface area contributed by atoms with Crippen molar-refractivity contribution in [2.45, 2.75) is 25.1 Å². The number of anilines is 1. The fourth-order valence-corrected chi connectivity index (χ4v) is 3.13. The molecule has 2 aromatic carbocycles. The van der Waals surface area contributed by atoms with E-state index in [1.54, 1.807) is 19.9 Å². The van der Waals surface area contributed by atoms with Gasteiger partial charge in [0.15, 0.2) is 0 Å². The van der Waals surface area contributed by atoms with Crippen LogP contribution in [0.4, 0.5) is 10.1 Å². The fraction of sp³-hybridized carbons (Fsp3) is 0.263. The molecule has 2 rings (SSSR count). The Balaban J connectivity index is 2.03. The summed E-state index contributed by atoms with van der Waals surface area (Å²) in [5.41, 5.74) is 0.609. The number of halogens is 1. The molecule has 0 aromatic heterocycles. The van der Waals surface area contributed by atoms with E-state index in [0.29, 0.717) is 11.4 Å². The molecule has 0 saturated heterocycles. The number of rotatable bonds is 6. The van der Waals surface area contributed by atoms with Gasteiger partial charge in [-0.25, -0.2) is 4.39 Å². The van der Waals surface area contributed by atoms with E-state index in [2.05, 4.69) is 10.6 Å². The van der Waals surface area contributed by atoms with Crippen molar-refractivity contribution in [1.29, 1.82) is 0 Å². The molecule has 0 aliphatic rings. The molecule has 0 fully saturated rings. The van der Waals surface area contributed by atoms with E-state index in [0.717, 1.165) is 5.56 Å². The lowest BCUT2D eigenvalue weighted by molar-refractivity contribution is -0.113. The van der Waals surface area contributed by atoms with Crippen LogP contribution in [0.5, 0.6) is 0 Å². The number of hydrogen-bond acceptors (Lipinski definition) is 4. The molecule has 0 radical (unpaired) electrons. The van der Waals surface area contributed by atoms with Crippen molar-refractivity contribution in [2.24, 2.45) is 0 Å². The van der Waals surface area contributed by atoms with Crippen molar-refractivity contribution in [3.8, 4) is 0 Å². The Labute approximate surface area is 151 Å². The van der Waals surface area contributed by atoms with Crippen molar-refractivity contribution >= 4 is 28.5 Å². The first kappa shape index (κ1) is 19.0. The summed E-state index contributed by atoms with van der Waals surface area (Å²) < 4.78 is 14.0. The zero-order chi connectivity index (χ0) is 18.4. The van der Waals surface area contributed by atoms with Crippen LogP contribution in [0.1, 0.15) is 29.8 Å². The predicted octanol–water partition coefficient (Wildman–Crippen LogP) is 3.84. The molecule has 4 nitrogen and oxygen atoms in total. The lowest BCUT2D eigenvalue weighted by atomic mass is 10.1. The summed E-state index contributed by atoms with van der Waals surface area (Å²) in [5, 5.41) is 5.37. The molecule has 0 spiro atoms. The Hall–Kier alpha value is -2.34. The fourth-order valence-electron chi connectivity index (χ4n) is 2.23. The highest BCUT2D eigenvalue weighted by Crippen LogP contribution is 2.25. The summed E-state index contributed by atoms with van der Waals surface area (Å²) in [6.45, 7) is 3.50. The summed E-state index contributed by atoms with van der Waals surface area (Å²) in [7, 11) is 1.44. The number of benzene rings is 2. The first-order valence-electron chi connectivity index (χ1n) is 7.84. The maximum absolute atomic E-state index is 14.0. The summed E-state index contributed by atoms with van der Waals surface area (Å²) in [5.74, 6) is -0.545. The van der Waals surface area contributed by atoms with Crippen LogP contribution in [-0.2, 0) is 10.5 Å². The largest absolute Gasteiger partial charge is 0.372 e. The van der Waals surface area contributed by atoms with Crippen LogP contribution in [-0.4, -0.2) is 23.6 Å². The van der Waals surface area contributed by atoms with Crippen LogP contribution in [0.25, 0.3) is 0 Å². The van der Waals surface area contributed by atoms with Crippen LogP contribution in [0.3, 0.4) is 0 Å². The second-order valence-corrected chi connectivity index (χ2v) is 7.03. The van der Waals surface area contributed by atoms with Gasteiger partial charge in [-0.15, -0.1) is 0 Å². The van der Waals surface area contributed by atoms with Gasteiger partial charge in [-0.2, -0.15) is 0 Å². The lowest BCUT2D eigenvalue weighted by Gasteiger charge is -2.25. The molecule has 1 amide bonds. The number of carbonyl (C=O) groups excluding carboxylic acids is 2. The Morgan fingerprint density at radius 2 is 1.80 bits per heavy atom. The Morgan fingerprint density at radius 1 is 1.12 bits per heavy atom. The molecule has 2 aromatic rings. The van der Waals surface area contributed by atoms with Crippen molar-refractivity contribution in [3.05, 3.63) is 65.5 Å². The topological polar surface area (TPSA) is 58.2 Å². The molecule has 0 unspecified atom stereocenters. The van der Waals surface area contributed by atoms with Crippen LogP contribution in [0, 0.1) is 5.82 Å².